The van der Waals surface area contributed by atoms with E-state index in [1.165, 1.54) is 25.3 Å². The zero-order valence-corrected chi connectivity index (χ0v) is 11.0. The maximum Gasteiger partial charge on any atom is 0.311 e. The van der Waals surface area contributed by atoms with Crippen molar-refractivity contribution in [3.8, 4) is 5.75 Å². The van der Waals surface area contributed by atoms with Crippen LogP contribution in [0.1, 0.15) is 21.7 Å². The average molecular weight is 272 g/mol. The zero-order valence-electron chi connectivity index (χ0n) is 11.0. The van der Waals surface area contributed by atoms with Crippen LogP contribution in [0.5, 0.6) is 5.75 Å². The molecule has 0 N–H and O–H groups in total. The van der Waals surface area contributed by atoms with E-state index in [0.29, 0.717) is 5.69 Å². The van der Waals surface area contributed by atoms with Gasteiger partial charge in [0, 0.05) is 17.3 Å². The second-order valence-electron chi connectivity index (χ2n) is 4.14. The van der Waals surface area contributed by atoms with Gasteiger partial charge < -0.3 is 4.74 Å². The number of methoxy groups -OCH3 is 1. The number of carbonyl (C=O) groups excluding carboxylic acids is 1. The van der Waals surface area contributed by atoms with Gasteiger partial charge in [-0.1, -0.05) is 6.07 Å². The Morgan fingerprint density at radius 3 is 2.65 bits per heavy atom. The summed E-state index contributed by atoms with van der Waals surface area (Å²) < 4.78 is 4.90. The third kappa shape index (κ3) is 2.64. The molecule has 0 unspecified atom stereocenters. The summed E-state index contributed by atoms with van der Waals surface area (Å²) in [6, 6.07) is 9.15. The van der Waals surface area contributed by atoms with Crippen LogP contribution in [0.4, 0.5) is 5.69 Å². The molecule has 20 heavy (non-hydrogen) atoms. The molecule has 1 aromatic carbocycles. The summed E-state index contributed by atoms with van der Waals surface area (Å²) >= 11 is 0. The summed E-state index contributed by atoms with van der Waals surface area (Å²) in [6.07, 6.45) is 0. The SMILES string of the molecule is COc1ccc(C(=O)c2cccc(C)n2)cc1[N+](=O)[O-]. The monoisotopic (exact) mass is 272 g/mol. The van der Waals surface area contributed by atoms with E-state index in [1.54, 1.807) is 25.1 Å². The zero-order chi connectivity index (χ0) is 14.7. The Labute approximate surface area is 115 Å². The summed E-state index contributed by atoms with van der Waals surface area (Å²) in [5, 5.41) is 10.9. The molecule has 0 radical (unpaired) electrons. The number of hydrogen-bond acceptors (Lipinski definition) is 5. The van der Waals surface area contributed by atoms with Crippen molar-refractivity contribution in [3.05, 3.63) is 63.5 Å². The Morgan fingerprint density at radius 1 is 1.30 bits per heavy atom. The van der Waals surface area contributed by atoms with Crippen molar-refractivity contribution in [3.63, 3.8) is 0 Å². The molecule has 0 amide bonds. The number of rotatable bonds is 4. The Kier molecular flexibility index (Phi) is 3.74. The first-order valence-corrected chi connectivity index (χ1v) is 5.83. The topological polar surface area (TPSA) is 82.3 Å². The number of benzene rings is 1. The summed E-state index contributed by atoms with van der Waals surface area (Å²) in [4.78, 5) is 26.7. The van der Waals surface area contributed by atoms with E-state index >= 15 is 0 Å². The van der Waals surface area contributed by atoms with Crippen molar-refractivity contribution in [2.24, 2.45) is 0 Å². The van der Waals surface area contributed by atoms with Gasteiger partial charge in [-0.25, -0.2) is 4.98 Å². The second-order valence-corrected chi connectivity index (χ2v) is 4.14. The predicted octanol–water partition coefficient (Wildman–Crippen LogP) is 2.54. The summed E-state index contributed by atoms with van der Waals surface area (Å²) in [5.74, 6) is -0.247. The molecule has 2 rings (SSSR count). The lowest BCUT2D eigenvalue weighted by Gasteiger charge is -2.04. The van der Waals surface area contributed by atoms with E-state index < -0.39 is 4.92 Å². The molecule has 6 nitrogen and oxygen atoms in total. The number of nitro groups is 1. The van der Waals surface area contributed by atoms with Crippen LogP contribution < -0.4 is 4.74 Å². The average Bonchev–Trinajstić information content (AvgIpc) is 2.45. The number of hydrogen-bond donors (Lipinski definition) is 0. The van der Waals surface area contributed by atoms with E-state index in [9.17, 15) is 14.9 Å². The molecule has 102 valence electrons. The highest BCUT2D eigenvalue weighted by atomic mass is 16.6. The first-order valence-electron chi connectivity index (χ1n) is 5.83. The molecule has 0 bridgehead atoms. The lowest BCUT2D eigenvalue weighted by molar-refractivity contribution is -0.385. The molecule has 2 aromatic rings. The van der Waals surface area contributed by atoms with Crippen molar-refractivity contribution >= 4 is 11.5 Å². The van der Waals surface area contributed by atoms with Gasteiger partial charge in [0.25, 0.3) is 0 Å². The standard InChI is InChI=1S/C14H12N2O4/c1-9-4-3-5-11(15-9)14(17)10-6-7-13(20-2)12(8-10)16(18)19/h3-8H,1-2H3. The molecule has 0 fully saturated rings. The highest BCUT2D eigenvalue weighted by Gasteiger charge is 2.19. The van der Waals surface area contributed by atoms with Gasteiger partial charge in [0.05, 0.1) is 12.0 Å². The van der Waals surface area contributed by atoms with Gasteiger partial charge in [-0.05, 0) is 31.2 Å². The molecule has 6 heteroatoms. The van der Waals surface area contributed by atoms with Crippen LogP contribution >= 0.6 is 0 Å². The third-order valence-corrected chi connectivity index (χ3v) is 2.76. The smallest absolute Gasteiger partial charge is 0.311 e. The highest BCUT2D eigenvalue weighted by Crippen LogP contribution is 2.28. The van der Waals surface area contributed by atoms with Crippen molar-refractivity contribution in [1.82, 2.24) is 4.98 Å². The maximum atomic E-state index is 12.2. The Hall–Kier alpha value is -2.76. The fourth-order valence-corrected chi connectivity index (χ4v) is 1.79. The summed E-state index contributed by atoms with van der Waals surface area (Å²) in [7, 11) is 1.34. The van der Waals surface area contributed by atoms with Crippen LogP contribution in [0.3, 0.4) is 0 Å². The molecule has 0 saturated carbocycles. The van der Waals surface area contributed by atoms with E-state index in [0.717, 1.165) is 0 Å². The minimum Gasteiger partial charge on any atom is -0.490 e. The van der Waals surface area contributed by atoms with Crippen LogP contribution in [0.25, 0.3) is 0 Å². The molecule has 0 saturated heterocycles. The van der Waals surface area contributed by atoms with E-state index in [1.807, 2.05) is 0 Å². The normalized spacial score (nSPS) is 10.1. The Bertz CT molecular complexity index is 683. The van der Waals surface area contributed by atoms with Crippen molar-refractivity contribution in [2.45, 2.75) is 6.92 Å². The number of nitrogens with zero attached hydrogens (tertiary/aromatic N) is 2. The van der Waals surface area contributed by atoms with Crippen LogP contribution in [-0.2, 0) is 0 Å². The van der Waals surface area contributed by atoms with Crippen molar-refractivity contribution < 1.29 is 14.5 Å². The Balaban J connectivity index is 2.45. The quantitative estimate of drug-likeness (QED) is 0.485. The van der Waals surface area contributed by atoms with Gasteiger partial charge in [-0.2, -0.15) is 0 Å². The van der Waals surface area contributed by atoms with Gasteiger partial charge in [0.15, 0.2) is 5.75 Å². The molecule has 0 spiro atoms. The van der Waals surface area contributed by atoms with Crippen LogP contribution in [0.15, 0.2) is 36.4 Å². The van der Waals surface area contributed by atoms with E-state index in [4.69, 9.17) is 4.74 Å². The van der Waals surface area contributed by atoms with Gasteiger partial charge >= 0.3 is 5.69 Å². The number of carbonyl (C=O) groups is 1. The number of ketones is 1. The van der Waals surface area contributed by atoms with Crippen LogP contribution in [0, 0.1) is 17.0 Å². The fourth-order valence-electron chi connectivity index (χ4n) is 1.79. The number of nitro benzene ring substituents is 1. The highest BCUT2D eigenvalue weighted by molar-refractivity contribution is 6.08. The molecule has 1 aromatic heterocycles. The molecular weight excluding hydrogens is 260 g/mol. The molecule has 0 aliphatic heterocycles. The molecule has 0 atom stereocenters. The largest absolute Gasteiger partial charge is 0.490 e. The second kappa shape index (κ2) is 5.48. The van der Waals surface area contributed by atoms with Crippen molar-refractivity contribution in [2.75, 3.05) is 7.11 Å². The minimum absolute atomic E-state index is 0.115. The summed E-state index contributed by atoms with van der Waals surface area (Å²) in [6.45, 7) is 1.77. The van der Waals surface area contributed by atoms with Gasteiger partial charge in [0.2, 0.25) is 5.78 Å². The molecule has 1 heterocycles. The van der Waals surface area contributed by atoms with Crippen molar-refractivity contribution in [1.29, 1.82) is 0 Å². The first-order chi connectivity index (χ1) is 9.52. The van der Waals surface area contributed by atoms with Gasteiger partial charge in [-0.15, -0.1) is 0 Å². The maximum absolute atomic E-state index is 12.2. The third-order valence-electron chi connectivity index (χ3n) is 2.76. The summed E-state index contributed by atoms with van der Waals surface area (Å²) in [5.41, 5.74) is 0.921. The molecular formula is C14H12N2O4. The van der Waals surface area contributed by atoms with Gasteiger partial charge in [0.1, 0.15) is 5.69 Å². The first kappa shape index (κ1) is 13.7. The number of aryl methyl sites for hydroxylation is 1. The van der Waals surface area contributed by atoms with Gasteiger partial charge in [-0.3, -0.25) is 14.9 Å². The minimum atomic E-state index is -0.584. The lowest BCUT2D eigenvalue weighted by atomic mass is 10.1. The number of pyridine rings is 1. The van der Waals surface area contributed by atoms with Crippen LogP contribution in [0.2, 0.25) is 0 Å². The Morgan fingerprint density at radius 2 is 2.05 bits per heavy atom. The lowest BCUT2D eigenvalue weighted by Crippen LogP contribution is -2.06. The van der Waals surface area contributed by atoms with E-state index in [-0.39, 0.29) is 28.5 Å². The number of ether oxygens (including phenoxy) is 1. The van der Waals surface area contributed by atoms with E-state index in [2.05, 4.69) is 4.98 Å². The predicted molar refractivity (Wildman–Crippen MR) is 72.1 cm³/mol. The van der Waals surface area contributed by atoms with Crippen LogP contribution in [-0.4, -0.2) is 22.8 Å². The fraction of sp³-hybridized carbons (Fsp3) is 0.143. The molecule has 0 aliphatic rings. The number of aromatic nitrogens is 1. The molecule has 0 aliphatic carbocycles.